The van der Waals surface area contributed by atoms with Crippen LogP contribution in [0.25, 0.3) is 0 Å². The molecule has 0 aliphatic rings. The molecule has 26 heavy (non-hydrogen) atoms. The van der Waals surface area contributed by atoms with Crippen molar-refractivity contribution in [3.05, 3.63) is 57.6 Å². The third-order valence-corrected chi connectivity index (χ3v) is 3.92. The fourth-order valence-electron chi connectivity index (χ4n) is 2.13. The molecule has 0 unspecified atom stereocenters. The Morgan fingerprint density at radius 2 is 1.35 bits per heavy atom. The minimum atomic E-state index is 0.0174. The van der Waals surface area contributed by atoms with Crippen LogP contribution in [0.1, 0.15) is 25.0 Å². The standard InChI is InChI=1S/C17H19Cl2N7/c1-9(13-5-3-11(18)7-15(13)20)23-25-17(22)26-24-10(2)14-6-4-12(19)8-16(14)21/h3-8H,20-21H2,1-2H3,(H3,22,25,26). The van der Waals surface area contributed by atoms with Gasteiger partial charge in [0.05, 0.1) is 11.4 Å². The Bertz CT molecular complexity index is 904. The first-order chi connectivity index (χ1) is 12.3. The zero-order valence-electron chi connectivity index (χ0n) is 14.3. The van der Waals surface area contributed by atoms with Gasteiger partial charge in [0.1, 0.15) is 0 Å². The zero-order chi connectivity index (χ0) is 19.3. The van der Waals surface area contributed by atoms with Crippen molar-refractivity contribution in [3.8, 4) is 0 Å². The lowest BCUT2D eigenvalue weighted by Gasteiger charge is -2.06. The van der Waals surface area contributed by atoms with Gasteiger partial charge in [0, 0.05) is 32.5 Å². The van der Waals surface area contributed by atoms with Gasteiger partial charge in [-0.2, -0.15) is 10.2 Å². The van der Waals surface area contributed by atoms with Crippen LogP contribution in [0, 0.1) is 0 Å². The summed E-state index contributed by atoms with van der Waals surface area (Å²) in [5.41, 5.74) is 23.9. The molecule has 2 aromatic carbocycles. The third kappa shape index (κ3) is 5.11. The summed E-state index contributed by atoms with van der Waals surface area (Å²) in [5.74, 6) is 0.0174. The van der Waals surface area contributed by atoms with Gasteiger partial charge in [-0.1, -0.05) is 23.2 Å². The first-order valence-corrected chi connectivity index (χ1v) is 8.32. The summed E-state index contributed by atoms with van der Waals surface area (Å²) in [6.07, 6.45) is 0. The molecule has 2 aromatic rings. The number of nitrogens with two attached hydrogens (primary N) is 3. The summed E-state index contributed by atoms with van der Waals surface area (Å²) in [4.78, 5) is 0. The Balaban J connectivity index is 2.12. The van der Waals surface area contributed by atoms with Gasteiger partial charge in [0.2, 0.25) is 5.96 Å². The van der Waals surface area contributed by atoms with Gasteiger partial charge >= 0.3 is 0 Å². The number of halogens is 2. The highest BCUT2D eigenvalue weighted by Crippen LogP contribution is 2.19. The average molecular weight is 392 g/mol. The second kappa shape index (κ2) is 8.55. The number of hydrazone groups is 1. The lowest BCUT2D eigenvalue weighted by molar-refractivity contribution is 0.983. The molecular weight excluding hydrogens is 373 g/mol. The molecule has 7 nitrogen and oxygen atoms in total. The van der Waals surface area contributed by atoms with Gasteiger partial charge in [-0.3, -0.25) is 0 Å². The second-order valence-electron chi connectivity index (χ2n) is 5.44. The van der Waals surface area contributed by atoms with Gasteiger partial charge in [0.25, 0.3) is 0 Å². The molecule has 0 saturated carbocycles. The van der Waals surface area contributed by atoms with Crippen LogP contribution >= 0.6 is 23.2 Å². The number of nitrogen functional groups attached to an aromatic ring is 2. The number of hydrogen-bond acceptors (Lipinski definition) is 5. The molecule has 0 radical (unpaired) electrons. The number of guanidine groups is 1. The van der Waals surface area contributed by atoms with Crippen LogP contribution in [0.2, 0.25) is 10.0 Å². The number of rotatable bonds is 4. The van der Waals surface area contributed by atoms with Crippen LogP contribution in [0.3, 0.4) is 0 Å². The summed E-state index contributed by atoms with van der Waals surface area (Å²) in [5, 5.41) is 13.2. The van der Waals surface area contributed by atoms with Gasteiger partial charge in [-0.15, -0.1) is 5.10 Å². The Morgan fingerprint density at radius 3 is 1.85 bits per heavy atom. The lowest BCUT2D eigenvalue weighted by atomic mass is 10.1. The predicted molar refractivity (Wildman–Crippen MR) is 111 cm³/mol. The maximum absolute atomic E-state index is 5.92. The number of anilines is 2. The van der Waals surface area contributed by atoms with E-state index in [1.54, 1.807) is 50.2 Å². The predicted octanol–water partition coefficient (Wildman–Crippen LogP) is 3.21. The van der Waals surface area contributed by atoms with Crippen LogP contribution in [0.15, 0.2) is 51.7 Å². The van der Waals surface area contributed by atoms with E-state index in [1.165, 1.54) is 0 Å². The summed E-state index contributed by atoms with van der Waals surface area (Å²) in [6.45, 7) is 3.54. The molecule has 0 fully saturated rings. The van der Waals surface area contributed by atoms with Crippen molar-refractivity contribution in [1.29, 1.82) is 0 Å². The molecular formula is C17H19Cl2N7. The summed E-state index contributed by atoms with van der Waals surface area (Å²) < 4.78 is 0. The fraction of sp³-hybridized carbons (Fsp3) is 0.118. The molecule has 0 aliphatic carbocycles. The van der Waals surface area contributed by atoms with E-state index in [0.717, 1.165) is 11.1 Å². The van der Waals surface area contributed by atoms with Gasteiger partial charge in [0.15, 0.2) is 0 Å². The van der Waals surface area contributed by atoms with Crippen LogP contribution in [0.5, 0.6) is 0 Å². The van der Waals surface area contributed by atoms with Crippen LogP contribution in [0.4, 0.5) is 11.4 Å². The minimum Gasteiger partial charge on any atom is -0.398 e. The molecule has 0 heterocycles. The zero-order valence-corrected chi connectivity index (χ0v) is 15.8. The SMILES string of the molecule is CC(=N/N=C(/N)NN=C(C)c1ccc(Cl)cc1N)c1ccc(Cl)cc1N. The van der Waals surface area contributed by atoms with Crippen LogP contribution in [-0.4, -0.2) is 17.4 Å². The first kappa shape index (κ1) is 19.6. The van der Waals surface area contributed by atoms with E-state index in [1.807, 2.05) is 0 Å². The van der Waals surface area contributed by atoms with E-state index < -0.39 is 0 Å². The van der Waals surface area contributed by atoms with E-state index in [0.29, 0.717) is 32.8 Å². The molecule has 9 heteroatoms. The van der Waals surface area contributed by atoms with Gasteiger partial charge < -0.3 is 17.2 Å². The van der Waals surface area contributed by atoms with E-state index in [-0.39, 0.29) is 5.96 Å². The molecule has 0 aliphatic heterocycles. The first-order valence-electron chi connectivity index (χ1n) is 7.56. The largest absolute Gasteiger partial charge is 0.398 e. The molecule has 0 spiro atoms. The van der Waals surface area contributed by atoms with Crippen LogP contribution in [-0.2, 0) is 0 Å². The number of benzene rings is 2. The topological polar surface area (TPSA) is 127 Å². The number of nitrogens with zero attached hydrogens (tertiary/aromatic N) is 3. The quantitative estimate of drug-likeness (QED) is 0.276. The molecule has 0 saturated heterocycles. The van der Waals surface area contributed by atoms with Crippen molar-refractivity contribution in [2.45, 2.75) is 13.8 Å². The highest BCUT2D eigenvalue weighted by atomic mass is 35.5. The maximum Gasteiger partial charge on any atom is 0.234 e. The second-order valence-corrected chi connectivity index (χ2v) is 6.32. The van der Waals surface area contributed by atoms with Crippen molar-refractivity contribution < 1.29 is 0 Å². The fourth-order valence-corrected chi connectivity index (χ4v) is 2.49. The number of hydrogen-bond donors (Lipinski definition) is 4. The summed E-state index contributed by atoms with van der Waals surface area (Å²) >= 11 is 11.8. The van der Waals surface area contributed by atoms with E-state index in [9.17, 15) is 0 Å². The average Bonchev–Trinajstić information content (AvgIpc) is 2.57. The molecule has 0 bridgehead atoms. The monoisotopic (exact) mass is 391 g/mol. The van der Waals surface area contributed by atoms with Gasteiger partial charge in [-0.25, -0.2) is 5.43 Å². The van der Waals surface area contributed by atoms with Crippen molar-refractivity contribution in [3.63, 3.8) is 0 Å². The van der Waals surface area contributed by atoms with E-state index in [4.69, 9.17) is 40.4 Å². The highest BCUT2D eigenvalue weighted by Gasteiger charge is 2.05. The van der Waals surface area contributed by atoms with Crippen molar-refractivity contribution in [2.24, 2.45) is 21.0 Å². The Labute approximate surface area is 161 Å². The molecule has 2 rings (SSSR count). The van der Waals surface area contributed by atoms with Crippen LogP contribution < -0.4 is 22.6 Å². The smallest absolute Gasteiger partial charge is 0.234 e. The molecule has 7 N–H and O–H groups in total. The van der Waals surface area contributed by atoms with Crippen molar-refractivity contribution in [2.75, 3.05) is 11.5 Å². The Morgan fingerprint density at radius 1 is 0.846 bits per heavy atom. The number of nitrogens with one attached hydrogen (secondary N) is 1. The molecule has 0 amide bonds. The highest BCUT2D eigenvalue weighted by molar-refractivity contribution is 6.31. The Hall–Kier alpha value is -2.77. The normalized spacial score (nSPS) is 13.0. The maximum atomic E-state index is 5.92. The minimum absolute atomic E-state index is 0.0174. The third-order valence-electron chi connectivity index (χ3n) is 3.45. The molecule has 0 aromatic heterocycles. The summed E-state index contributed by atoms with van der Waals surface area (Å²) in [6, 6.07) is 10.3. The lowest BCUT2D eigenvalue weighted by Crippen LogP contribution is -2.28. The van der Waals surface area contributed by atoms with Crippen molar-refractivity contribution in [1.82, 2.24) is 5.43 Å². The molecule has 136 valence electrons. The van der Waals surface area contributed by atoms with Crippen molar-refractivity contribution >= 4 is 52.0 Å². The molecule has 0 atom stereocenters. The van der Waals surface area contributed by atoms with E-state index in [2.05, 4.69) is 20.7 Å². The van der Waals surface area contributed by atoms with Gasteiger partial charge in [-0.05, 0) is 50.2 Å². The Kier molecular flexibility index (Phi) is 6.43. The van der Waals surface area contributed by atoms with E-state index >= 15 is 0 Å². The summed E-state index contributed by atoms with van der Waals surface area (Å²) in [7, 11) is 0.